The molecule has 1 aromatic heterocycles. The van der Waals surface area contributed by atoms with Crippen molar-refractivity contribution in [2.45, 2.75) is 45.1 Å². The molecule has 0 radical (unpaired) electrons. The molecule has 2 unspecified atom stereocenters. The maximum absolute atomic E-state index is 12.4. The van der Waals surface area contributed by atoms with Crippen LogP contribution in [0.1, 0.15) is 47.8 Å². The molecule has 19 heavy (non-hydrogen) atoms. The molecule has 0 aliphatic heterocycles. The Labute approximate surface area is 132 Å². The minimum absolute atomic E-state index is 0.00792. The summed E-state index contributed by atoms with van der Waals surface area (Å²) in [5.41, 5.74) is 0.882. The van der Waals surface area contributed by atoms with Crippen LogP contribution in [0, 0.1) is 12.8 Å². The fourth-order valence-electron chi connectivity index (χ4n) is 2.80. The summed E-state index contributed by atoms with van der Waals surface area (Å²) in [5.74, 6) is 1.13. The standard InChI is InChI=1S/C14H19BrClNOS/c1-9-4-3-5-14(7-9,8-16)17-13(18)11-6-10(2)12(15)19-11/h6,9H,3-5,7-8H2,1-2H3,(H,17,18). The predicted octanol–water partition coefficient (Wildman–Crippen LogP) is 4.74. The van der Waals surface area contributed by atoms with E-state index in [0.717, 1.165) is 33.5 Å². The first kappa shape index (κ1) is 15.3. The molecule has 1 aliphatic carbocycles. The number of carbonyl (C=O) groups excluding carboxylic acids is 1. The van der Waals surface area contributed by atoms with Crippen molar-refractivity contribution in [3.05, 3.63) is 20.3 Å². The molecule has 2 rings (SSSR count). The van der Waals surface area contributed by atoms with Crippen LogP contribution in [-0.4, -0.2) is 17.3 Å². The van der Waals surface area contributed by atoms with Gasteiger partial charge in [0.25, 0.3) is 5.91 Å². The number of rotatable bonds is 3. The Morgan fingerprint density at radius 1 is 1.68 bits per heavy atom. The third-order valence-electron chi connectivity index (χ3n) is 3.81. The van der Waals surface area contributed by atoms with Gasteiger partial charge in [-0.15, -0.1) is 22.9 Å². The zero-order valence-corrected chi connectivity index (χ0v) is 14.4. The Bertz CT molecular complexity index is 457. The van der Waals surface area contributed by atoms with Crippen molar-refractivity contribution >= 4 is 44.8 Å². The van der Waals surface area contributed by atoms with Crippen LogP contribution in [-0.2, 0) is 0 Å². The Kier molecular flexibility index (Phi) is 4.96. The number of hydrogen-bond acceptors (Lipinski definition) is 2. The summed E-state index contributed by atoms with van der Waals surface area (Å²) in [4.78, 5) is 13.1. The second-order valence-corrected chi connectivity index (χ2v) is 8.27. The van der Waals surface area contributed by atoms with Crippen molar-refractivity contribution < 1.29 is 4.79 Å². The summed E-state index contributed by atoms with van der Waals surface area (Å²) in [5, 5.41) is 3.19. The molecule has 1 amide bonds. The number of halogens is 2. The molecule has 0 saturated heterocycles. The van der Waals surface area contributed by atoms with Crippen LogP contribution in [0.5, 0.6) is 0 Å². The molecule has 2 atom stereocenters. The minimum atomic E-state index is -0.222. The lowest BCUT2D eigenvalue weighted by molar-refractivity contribution is 0.0871. The largest absolute Gasteiger partial charge is 0.345 e. The van der Waals surface area contributed by atoms with Gasteiger partial charge in [0.1, 0.15) is 0 Å². The second kappa shape index (κ2) is 6.15. The van der Waals surface area contributed by atoms with Crippen LogP contribution in [0.4, 0.5) is 0 Å². The van der Waals surface area contributed by atoms with Gasteiger partial charge in [-0.05, 0) is 53.2 Å². The van der Waals surface area contributed by atoms with Crippen molar-refractivity contribution in [1.29, 1.82) is 0 Å². The molecule has 0 spiro atoms. The topological polar surface area (TPSA) is 29.1 Å². The highest BCUT2D eigenvalue weighted by Crippen LogP contribution is 2.34. The molecule has 1 heterocycles. The summed E-state index contributed by atoms with van der Waals surface area (Å²) in [6.45, 7) is 4.23. The van der Waals surface area contributed by atoms with Crippen LogP contribution >= 0.6 is 38.9 Å². The minimum Gasteiger partial charge on any atom is -0.345 e. The second-order valence-electron chi connectivity index (χ2n) is 5.64. The molecule has 2 nitrogen and oxygen atoms in total. The molecule has 0 aromatic carbocycles. The lowest BCUT2D eigenvalue weighted by atomic mass is 9.77. The normalized spacial score (nSPS) is 27.3. The quantitative estimate of drug-likeness (QED) is 0.771. The van der Waals surface area contributed by atoms with E-state index in [9.17, 15) is 4.79 Å². The number of carbonyl (C=O) groups is 1. The van der Waals surface area contributed by atoms with Crippen molar-refractivity contribution in [2.75, 3.05) is 5.88 Å². The average molecular weight is 365 g/mol. The highest BCUT2D eigenvalue weighted by Gasteiger charge is 2.36. The van der Waals surface area contributed by atoms with Crippen LogP contribution in [0.15, 0.2) is 9.85 Å². The van der Waals surface area contributed by atoms with E-state index in [4.69, 9.17) is 11.6 Å². The van der Waals surface area contributed by atoms with Crippen molar-refractivity contribution in [3.8, 4) is 0 Å². The zero-order valence-electron chi connectivity index (χ0n) is 11.3. The first-order valence-electron chi connectivity index (χ1n) is 6.60. The molecule has 106 valence electrons. The Balaban J connectivity index is 2.11. The molecule has 1 N–H and O–H groups in total. The third-order valence-corrected chi connectivity index (χ3v) is 6.45. The van der Waals surface area contributed by atoms with E-state index in [1.165, 1.54) is 17.8 Å². The van der Waals surface area contributed by atoms with Gasteiger partial charge in [0.15, 0.2) is 0 Å². The van der Waals surface area contributed by atoms with Gasteiger partial charge in [-0.1, -0.05) is 19.8 Å². The first-order chi connectivity index (χ1) is 8.96. The summed E-state index contributed by atoms with van der Waals surface area (Å²) in [6, 6.07) is 1.93. The van der Waals surface area contributed by atoms with Crippen LogP contribution in [0.2, 0.25) is 0 Å². The predicted molar refractivity (Wildman–Crippen MR) is 85.3 cm³/mol. The van der Waals surface area contributed by atoms with Gasteiger partial charge in [0.2, 0.25) is 0 Å². The van der Waals surface area contributed by atoms with Gasteiger partial charge >= 0.3 is 0 Å². The molecular weight excluding hydrogens is 346 g/mol. The highest BCUT2D eigenvalue weighted by molar-refractivity contribution is 9.11. The van der Waals surface area contributed by atoms with Gasteiger partial charge < -0.3 is 5.32 Å². The van der Waals surface area contributed by atoms with E-state index in [1.54, 1.807) is 0 Å². The van der Waals surface area contributed by atoms with Gasteiger partial charge in [-0.25, -0.2) is 0 Å². The van der Waals surface area contributed by atoms with Crippen LogP contribution < -0.4 is 5.32 Å². The van der Waals surface area contributed by atoms with Gasteiger partial charge in [0.05, 0.1) is 14.2 Å². The van der Waals surface area contributed by atoms with Gasteiger partial charge in [0, 0.05) is 5.88 Å². The molecule has 0 bridgehead atoms. The average Bonchev–Trinajstić information content (AvgIpc) is 2.70. The maximum Gasteiger partial charge on any atom is 0.261 e. The lowest BCUT2D eigenvalue weighted by Crippen LogP contribution is -2.52. The summed E-state index contributed by atoms with van der Waals surface area (Å²) >= 11 is 11.1. The SMILES string of the molecule is Cc1cc(C(=O)NC2(CCl)CCCC(C)C2)sc1Br. The highest BCUT2D eigenvalue weighted by atomic mass is 79.9. The van der Waals surface area contributed by atoms with E-state index in [-0.39, 0.29) is 11.4 Å². The fourth-order valence-corrected chi connectivity index (χ4v) is 4.54. The number of hydrogen-bond donors (Lipinski definition) is 1. The van der Waals surface area contributed by atoms with Crippen LogP contribution in [0.25, 0.3) is 0 Å². The van der Waals surface area contributed by atoms with Crippen molar-refractivity contribution in [1.82, 2.24) is 5.32 Å². The fraction of sp³-hybridized carbons (Fsp3) is 0.643. The number of aryl methyl sites for hydroxylation is 1. The lowest BCUT2D eigenvalue weighted by Gasteiger charge is -2.39. The van der Waals surface area contributed by atoms with E-state index < -0.39 is 0 Å². The first-order valence-corrected chi connectivity index (χ1v) is 8.74. The third kappa shape index (κ3) is 3.53. The molecule has 1 fully saturated rings. The number of nitrogens with one attached hydrogen (secondary N) is 1. The van der Waals surface area contributed by atoms with Crippen molar-refractivity contribution in [2.24, 2.45) is 5.92 Å². The summed E-state index contributed by atoms with van der Waals surface area (Å²) < 4.78 is 1.02. The molecular formula is C14H19BrClNOS. The molecule has 1 aliphatic rings. The monoisotopic (exact) mass is 363 g/mol. The number of alkyl halides is 1. The van der Waals surface area contributed by atoms with Gasteiger partial charge in [-0.3, -0.25) is 4.79 Å². The number of amides is 1. The Morgan fingerprint density at radius 2 is 2.42 bits per heavy atom. The van der Waals surface area contributed by atoms with Crippen LogP contribution in [0.3, 0.4) is 0 Å². The van der Waals surface area contributed by atoms with E-state index in [0.29, 0.717) is 11.8 Å². The Morgan fingerprint density at radius 3 is 2.95 bits per heavy atom. The summed E-state index contributed by atoms with van der Waals surface area (Å²) in [6.07, 6.45) is 4.34. The zero-order chi connectivity index (χ0) is 14.0. The molecule has 5 heteroatoms. The Hall–Kier alpha value is -0.0600. The van der Waals surface area contributed by atoms with Gasteiger partial charge in [-0.2, -0.15) is 0 Å². The van der Waals surface area contributed by atoms with Crippen molar-refractivity contribution in [3.63, 3.8) is 0 Å². The van der Waals surface area contributed by atoms with E-state index in [1.807, 2.05) is 13.0 Å². The maximum atomic E-state index is 12.4. The number of thiophene rings is 1. The van der Waals surface area contributed by atoms with E-state index >= 15 is 0 Å². The molecule has 1 aromatic rings. The van der Waals surface area contributed by atoms with E-state index in [2.05, 4.69) is 28.2 Å². The summed E-state index contributed by atoms with van der Waals surface area (Å²) in [7, 11) is 0. The molecule has 1 saturated carbocycles. The smallest absolute Gasteiger partial charge is 0.261 e.